The Morgan fingerprint density at radius 3 is 2.45 bits per heavy atom. The van der Waals surface area contributed by atoms with Crippen molar-refractivity contribution >= 4 is 51.4 Å². The molecule has 218 valence electrons. The van der Waals surface area contributed by atoms with Crippen molar-refractivity contribution in [2.75, 3.05) is 14.2 Å². The molecule has 44 heavy (non-hydrogen) atoms. The summed E-state index contributed by atoms with van der Waals surface area (Å²) in [5.74, 6) is 0.0968. The number of hydrogen-bond acceptors (Lipinski definition) is 6. The number of nitrogens with zero attached hydrogens (tertiary/aromatic N) is 1. The molecule has 0 fully saturated rings. The molecule has 8 nitrogen and oxygen atoms in total. The number of carbonyl (C=O) groups excluding carboxylic acids is 2. The van der Waals surface area contributed by atoms with Crippen LogP contribution in [0, 0.1) is 0 Å². The van der Waals surface area contributed by atoms with Crippen LogP contribution in [0.4, 0.5) is 0 Å². The normalized spacial score (nSPS) is 11.2. The maximum absolute atomic E-state index is 13.5. The summed E-state index contributed by atoms with van der Waals surface area (Å²) in [7, 11) is 2.99. The molecule has 0 saturated carbocycles. The van der Waals surface area contributed by atoms with Crippen LogP contribution in [0.5, 0.6) is 17.2 Å². The van der Waals surface area contributed by atoms with E-state index in [-0.39, 0.29) is 5.75 Å². The summed E-state index contributed by atoms with van der Waals surface area (Å²) >= 11 is 6.59. The van der Waals surface area contributed by atoms with Gasteiger partial charge in [-0.15, -0.1) is 0 Å². The van der Waals surface area contributed by atoms with E-state index < -0.39 is 11.9 Å². The summed E-state index contributed by atoms with van der Waals surface area (Å²) in [6.07, 6.45) is 1.47. The highest BCUT2D eigenvalue weighted by atomic mass is 35.5. The third-order valence-electron chi connectivity index (χ3n) is 7.14. The number of rotatable bonds is 8. The molecule has 1 amide bonds. The van der Waals surface area contributed by atoms with E-state index in [1.165, 1.54) is 20.4 Å². The zero-order valence-electron chi connectivity index (χ0n) is 23.8. The Balaban J connectivity index is 1.26. The molecule has 9 heteroatoms. The van der Waals surface area contributed by atoms with Gasteiger partial charge in [0.2, 0.25) is 0 Å². The molecule has 2 N–H and O–H groups in total. The topological polar surface area (TPSA) is 102 Å². The fourth-order valence-corrected chi connectivity index (χ4v) is 5.26. The summed E-state index contributed by atoms with van der Waals surface area (Å²) in [6, 6.07) is 31.0. The van der Waals surface area contributed by atoms with E-state index in [1.54, 1.807) is 48.5 Å². The largest absolute Gasteiger partial charge is 0.497 e. The highest BCUT2D eigenvalue weighted by Crippen LogP contribution is 2.39. The van der Waals surface area contributed by atoms with Crippen LogP contribution in [0.25, 0.3) is 32.8 Å². The lowest BCUT2D eigenvalue weighted by molar-refractivity contribution is 0.0729. The van der Waals surface area contributed by atoms with Gasteiger partial charge in [-0.1, -0.05) is 72.3 Å². The first-order chi connectivity index (χ1) is 21.5. The molecule has 0 saturated heterocycles. The van der Waals surface area contributed by atoms with Gasteiger partial charge in [-0.25, -0.2) is 10.2 Å². The minimum atomic E-state index is -0.559. The summed E-state index contributed by atoms with van der Waals surface area (Å²) in [5, 5.41) is 7.61. The van der Waals surface area contributed by atoms with E-state index in [4.69, 9.17) is 25.8 Å². The predicted molar refractivity (Wildman–Crippen MR) is 172 cm³/mol. The number of fused-ring (bicyclic) bond motifs is 3. The average molecular weight is 604 g/mol. The number of hydrogen-bond donors (Lipinski definition) is 2. The van der Waals surface area contributed by atoms with Crippen molar-refractivity contribution in [2.45, 2.75) is 0 Å². The van der Waals surface area contributed by atoms with E-state index in [0.717, 1.165) is 27.2 Å². The molecule has 0 aliphatic carbocycles. The molecule has 1 aromatic heterocycles. The first-order valence-corrected chi connectivity index (χ1v) is 14.0. The van der Waals surface area contributed by atoms with Crippen LogP contribution in [0.3, 0.4) is 0 Å². The maximum atomic E-state index is 13.5. The first kappa shape index (κ1) is 28.5. The van der Waals surface area contributed by atoms with Crippen molar-refractivity contribution in [1.82, 2.24) is 10.4 Å². The number of H-pyrrole nitrogens is 1. The van der Waals surface area contributed by atoms with Crippen LogP contribution < -0.4 is 19.6 Å². The highest BCUT2D eigenvalue weighted by molar-refractivity contribution is 6.34. The van der Waals surface area contributed by atoms with Crippen molar-refractivity contribution in [3.05, 3.63) is 125 Å². The number of carbonyl (C=O) groups is 2. The number of aromatic amines is 1. The van der Waals surface area contributed by atoms with Crippen LogP contribution in [0.1, 0.15) is 26.4 Å². The van der Waals surface area contributed by atoms with Gasteiger partial charge in [0.25, 0.3) is 5.91 Å². The van der Waals surface area contributed by atoms with E-state index in [1.807, 2.05) is 54.6 Å². The second-order valence-electron chi connectivity index (χ2n) is 9.80. The average Bonchev–Trinajstić information content (AvgIpc) is 3.45. The smallest absolute Gasteiger partial charge is 0.343 e. The summed E-state index contributed by atoms with van der Waals surface area (Å²) in [4.78, 5) is 29.5. The van der Waals surface area contributed by atoms with Crippen LogP contribution >= 0.6 is 11.6 Å². The summed E-state index contributed by atoms with van der Waals surface area (Å²) < 4.78 is 16.2. The van der Waals surface area contributed by atoms with Crippen molar-refractivity contribution in [1.29, 1.82) is 0 Å². The first-order valence-electron chi connectivity index (χ1n) is 13.6. The summed E-state index contributed by atoms with van der Waals surface area (Å²) in [6.45, 7) is 0. The van der Waals surface area contributed by atoms with Gasteiger partial charge in [0.15, 0.2) is 11.5 Å². The lowest BCUT2D eigenvalue weighted by Gasteiger charge is -2.10. The van der Waals surface area contributed by atoms with Crippen molar-refractivity contribution < 1.29 is 23.8 Å². The molecule has 1 heterocycles. The van der Waals surface area contributed by atoms with Crippen LogP contribution in [-0.2, 0) is 0 Å². The number of benzene rings is 5. The number of halogens is 1. The number of esters is 1. The Kier molecular flexibility index (Phi) is 7.99. The number of aromatic nitrogens is 1. The van der Waals surface area contributed by atoms with E-state index >= 15 is 0 Å². The van der Waals surface area contributed by atoms with Crippen LogP contribution in [0.15, 0.2) is 108 Å². The Morgan fingerprint density at radius 2 is 1.64 bits per heavy atom. The fraction of sp³-hybridized carbons (Fsp3) is 0.0571. The monoisotopic (exact) mass is 603 g/mol. The summed E-state index contributed by atoms with van der Waals surface area (Å²) in [5.41, 5.74) is 6.14. The molecule has 0 radical (unpaired) electrons. The molecule has 5 aromatic carbocycles. The number of amides is 1. The second kappa shape index (κ2) is 12.3. The Morgan fingerprint density at radius 1 is 0.818 bits per heavy atom. The van der Waals surface area contributed by atoms with Gasteiger partial charge in [0.05, 0.1) is 31.5 Å². The van der Waals surface area contributed by atoms with Crippen molar-refractivity contribution in [3.63, 3.8) is 0 Å². The van der Waals surface area contributed by atoms with E-state index in [9.17, 15) is 9.59 Å². The number of ether oxygens (including phenoxy) is 3. The van der Waals surface area contributed by atoms with Gasteiger partial charge < -0.3 is 19.2 Å². The Hall–Kier alpha value is -5.60. The molecular formula is C35H26ClN3O5. The molecule has 0 aliphatic rings. The third kappa shape index (κ3) is 5.58. The van der Waals surface area contributed by atoms with Gasteiger partial charge in [0.1, 0.15) is 11.4 Å². The van der Waals surface area contributed by atoms with Gasteiger partial charge >= 0.3 is 5.97 Å². The molecule has 0 atom stereocenters. The van der Waals surface area contributed by atoms with Gasteiger partial charge in [-0.2, -0.15) is 5.10 Å². The minimum Gasteiger partial charge on any atom is -0.497 e. The fourth-order valence-electron chi connectivity index (χ4n) is 5.03. The van der Waals surface area contributed by atoms with E-state index in [2.05, 4.69) is 15.5 Å². The quantitative estimate of drug-likeness (QED) is 0.0805. The molecule has 0 spiro atoms. The molecule has 0 aliphatic heterocycles. The lowest BCUT2D eigenvalue weighted by Crippen LogP contribution is -2.19. The minimum absolute atomic E-state index is 0.233. The number of hydrazone groups is 1. The SMILES string of the molecule is COc1cccc(C(=O)Oc2ccc(C=NNC(=O)c3[nH]c4c(ccc5ccccc54)c3-c3ccccc3Cl)cc2OC)c1. The molecule has 0 bridgehead atoms. The van der Waals surface area contributed by atoms with Crippen LogP contribution in [-0.4, -0.2) is 37.3 Å². The second-order valence-corrected chi connectivity index (χ2v) is 10.2. The molecule has 0 unspecified atom stereocenters. The Bertz CT molecular complexity index is 2070. The standard InChI is InChI=1S/C35H26ClN3O5/c1-42-24-10-7-9-23(19-24)35(41)44-29-17-14-21(18-30(29)43-2)20-37-39-34(40)33-31(26-12-5-6-13-28(26)36)27-16-15-22-8-3-4-11-25(22)32(27)38-33/h3-20,38H,1-2H3,(H,39,40). The predicted octanol–water partition coefficient (Wildman–Crippen LogP) is 7.64. The third-order valence-corrected chi connectivity index (χ3v) is 7.47. The van der Waals surface area contributed by atoms with Crippen LogP contribution in [0.2, 0.25) is 5.02 Å². The van der Waals surface area contributed by atoms with Crippen molar-refractivity contribution in [3.8, 4) is 28.4 Å². The Labute approximate surface area is 257 Å². The zero-order valence-corrected chi connectivity index (χ0v) is 24.5. The number of methoxy groups -OCH3 is 2. The molecule has 6 aromatic rings. The molecular weight excluding hydrogens is 578 g/mol. The maximum Gasteiger partial charge on any atom is 0.343 e. The van der Waals surface area contributed by atoms with Gasteiger partial charge in [0, 0.05) is 26.9 Å². The molecule has 6 rings (SSSR count). The van der Waals surface area contributed by atoms with Gasteiger partial charge in [-0.05, 0) is 53.4 Å². The highest BCUT2D eigenvalue weighted by Gasteiger charge is 2.22. The van der Waals surface area contributed by atoms with Crippen molar-refractivity contribution in [2.24, 2.45) is 5.10 Å². The van der Waals surface area contributed by atoms with E-state index in [0.29, 0.717) is 38.9 Å². The lowest BCUT2D eigenvalue weighted by atomic mass is 9.99. The zero-order chi connectivity index (χ0) is 30.6. The number of nitrogens with one attached hydrogen (secondary N) is 2. The van der Waals surface area contributed by atoms with Gasteiger partial charge in [-0.3, -0.25) is 4.79 Å².